The number of carbonyl (C=O) groups is 1. The molecule has 1 saturated heterocycles. The number of piperazine rings is 1. The molecule has 1 aliphatic rings. The molecule has 0 unspecified atom stereocenters. The number of anilines is 1. The Bertz CT molecular complexity index is 675. The Morgan fingerprint density at radius 2 is 1.83 bits per heavy atom. The first-order chi connectivity index (χ1) is 10.6. The van der Waals surface area contributed by atoms with Crippen LogP contribution in [0.2, 0.25) is 0 Å². The largest absolute Gasteiger partial charge is 0.399 e. The summed E-state index contributed by atoms with van der Waals surface area (Å²) in [6.07, 6.45) is 0. The van der Waals surface area contributed by atoms with Crippen LogP contribution in [0.25, 0.3) is 0 Å². The van der Waals surface area contributed by atoms with Gasteiger partial charge < -0.3 is 10.6 Å². The van der Waals surface area contributed by atoms with E-state index in [2.05, 4.69) is 33.0 Å². The maximum absolute atomic E-state index is 12.5. The fourth-order valence-electron chi connectivity index (χ4n) is 2.62. The molecule has 0 radical (unpaired) electrons. The first-order valence-electron chi connectivity index (χ1n) is 7.23. The second-order valence-electron chi connectivity index (χ2n) is 5.40. The van der Waals surface area contributed by atoms with Gasteiger partial charge in [0.1, 0.15) is 0 Å². The van der Waals surface area contributed by atoms with Crippen molar-refractivity contribution < 1.29 is 4.79 Å². The van der Waals surface area contributed by atoms with Gasteiger partial charge >= 0.3 is 0 Å². The predicted octanol–water partition coefficient (Wildman–Crippen LogP) is 3.89. The number of halogens is 3. The van der Waals surface area contributed by atoms with E-state index in [9.17, 15) is 4.79 Å². The zero-order valence-corrected chi connectivity index (χ0v) is 17.0. The molecule has 132 valence electrons. The standard InChI is InChI=1S/C16H18BrN3OS.2ClH/c17-15-5-4-14(22-15)11-19-6-8-20(9-7-19)16(21)12-2-1-3-13(18)10-12;;/h1-5,10H,6-9,11,18H2;2*1H. The Balaban J connectivity index is 0.00000144. The summed E-state index contributed by atoms with van der Waals surface area (Å²) in [5, 5.41) is 0. The zero-order chi connectivity index (χ0) is 15.5. The van der Waals surface area contributed by atoms with Gasteiger partial charge in [0.25, 0.3) is 5.91 Å². The summed E-state index contributed by atoms with van der Waals surface area (Å²) < 4.78 is 1.16. The zero-order valence-electron chi connectivity index (χ0n) is 13.0. The van der Waals surface area contributed by atoms with E-state index in [4.69, 9.17) is 5.73 Å². The van der Waals surface area contributed by atoms with E-state index < -0.39 is 0 Å². The van der Waals surface area contributed by atoms with Gasteiger partial charge in [0.15, 0.2) is 0 Å². The first-order valence-corrected chi connectivity index (χ1v) is 8.84. The van der Waals surface area contributed by atoms with E-state index in [0.717, 1.165) is 36.5 Å². The van der Waals surface area contributed by atoms with E-state index in [1.54, 1.807) is 23.5 Å². The molecular formula is C16H20BrCl2N3OS. The van der Waals surface area contributed by atoms with Crippen molar-refractivity contribution in [3.63, 3.8) is 0 Å². The van der Waals surface area contributed by atoms with Crippen LogP contribution in [0.3, 0.4) is 0 Å². The third-order valence-corrected chi connectivity index (χ3v) is 5.41. The minimum atomic E-state index is 0. The molecule has 0 saturated carbocycles. The molecule has 24 heavy (non-hydrogen) atoms. The van der Waals surface area contributed by atoms with Crippen LogP contribution in [-0.4, -0.2) is 41.9 Å². The van der Waals surface area contributed by atoms with Gasteiger partial charge in [-0.25, -0.2) is 0 Å². The van der Waals surface area contributed by atoms with Crippen molar-refractivity contribution in [1.82, 2.24) is 9.80 Å². The fourth-order valence-corrected chi connectivity index (χ4v) is 4.15. The van der Waals surface area contributed by atoms with Crippen LogP contribution in [0.1, 0.15) is 15.2 Å². The average Bonchev–Trinajstić information content (AvgIpc) is 2.92. The highest BCUT2D eigenvalue weighted by atomic mass is 79.9. The van der Waals surface area contributed by atoms with Crippen LogP contribution in [0.5, 0.6) is 0 Å². The lowest BCUT2D eigenvalue weighted by Gasteiger charge is -2.34. The minimum absolute atomic E-state index is 0. The molecule has 3 rings (SSSR count). The fraction of sp³-hybridized carbons (Fsp3) is 0.312. The van der Waals surface area contributed by atoms with Crippen molar-refractivity contribution in [1.29, 1.82) is 0 Å². The van der Waals surface area contributed by atoms with E-state index in [1.807, 2.05) is 17.0 Å². The Morgan fingerprint density at radius 3 is 2.42 bits per heavy atom. The Morgan fingerprint density at radius 1 is 1.12 bits per heavy atom. The normalized spacial score (nSPS) is 14.6. The molecule has 0 atom stereocenters. The highest BCUT2D eigenvalue weighted by molar-refractivity contribution is 9.11. The third kappa shape index (κ3) is 5.36. The molecule has 1 aromatic heterocycles. The van der Waals surface area contributed by atoms with Gasteiger partial charge in [-0.05, 0) is 46.3 Å². The monoisotopic (exact) mass is 451 g/mol. The Hall–Kier alpha value is -0.790. The minimum Gasteiger partial charge on any atom is -0.399 e. The van der Waals surface area contributed by atoms with Gasteiger partial charge in [-0.1, -0.05) is 6.07 Å². The van der Waals surface area contributed by atoms with E-state index >= 15 is 0 Å². The Kier molecular flexibility index (Phi) is 8.53. The van der Waals surface area contributed by atoms with Crippen LogP contribution < -0.4 is 5.73 Å². The Labute approximate surface area is 167 Å². The van der Waals surface area contributed by atoms with Crippen LogP contribution in [-0.2, 0) is 6.54 Å². The van der Waals surface area contributed by atoms with Gasteiger partial charge in [0.2, 0.25) is 0 Å². The molecule has 2 aromatic rings. The molecule has 1 aliphatic heterocycles. The summed E-state index contributed by atoms with van der Waals surface area (Å²) in [4.78, 5) is 18.1. The number of nitrogens with zero attached hydrogens (tertiary/aromatic N) is 2. The second-order valence-corrected chi connectivity index (χ2v) is 7.95. The number of hydrogen-bond acceptors (Lipinski definition) is 4. The lowest BCUT2D eigenvalue weighted by atomic mass is 10.1. The molecular weight excluding hydrogens is 433 g/mol. The first kappa shape index (κ1) is 21.3. The van der Waals surface area contributed by atoms with Crippen molar-refractivity contribution in [3.8, 4) is 0 Å². The SMILES string of the molecule is Cl.Cl.Nc1cccc(C(=O)N2CCN(Cc3ccc(Br)s3)CC2)c1. The number of amides is 1. The molecule has 4 nitrogen and oxygen atoms in total. The molecule has 8 heteroatoms. The van der Waals surface area contributed by atoms with E-state index in [1.165, 1.54) is 4.88 Å². The van der Waals surface area contributed by atoms with Gasteiger partial charge in [-0.3, -0.25) is 9.69 Å². The van der Waals surface area contributed by atoms with Crippen molar-refractivity contribution in [2.75, 3.05) is 31.9 Å². The lowest BCUT2D eigenvalue weighted by molar-refractivity contribution is 0.0629. The van der Waals surface area contributed by atoms with E-state index in [-0.39, 0.29) is 30.7 Å². The molecule has 0 bridgehead atoms. The van der Waals surface area contributed by atoms with Crippen LogP contribution in [0.4, 0.5) is 5.69 Å². The molecule has 1 aromatic carbocycles. The number of hydrogen-bond donors (Lipinski definition) is 1. The van der Waals surface area contributed by atoms with Crippen molar-refractivity contribution in [2.24, 2.45) is 0 Å². The second kappa shape index (κ2) is 9.63. The summed E-state index contributed by atoms with van der Waals surface area (Å²) in [7, 11) is 0. The lowest BCUT2D eigenvalue weighted by Crippen LogP contribution is -2.48. The summed E-state index contributed by atoms with van der Waals surface area (Å²) in [5.74, 6) is 0.0748. The molecule has 2 heterocycles. The van der Waals surface area contributed by atoms with Crippen LogP contribution in [0, 0.1) is 0 Å². The molecule has 0 spiro atoms. The predicted molar refractivity (Wildman–Crippen MR) is 109 cm³/mol. The third-order valence-electron chi connectivity index (χ3n) is 3.80. The number of carbonyl (C=O) groups excluding carboxylic acids is 1. The van der Waals surface area contributed by atoms with E-state index in [0.29, 0.717) is 11.3 Å². The summed E-state index contributed by atoms with van der Waals surface area (Å²) in [5.41, 5.74) is 7.06. The van der Waals surface area contributed by atoms with Gasteiger partial charge in [-0.15, -0.1) is 36.2 Å². The highest BCUT2D eigenvalue weighted by Crippen LogP contribution is 2.23. The highest BCUT2D eigenvalue weighted by Gasteiger charge is 2.22. The smallest absolute Gasteiger partial charge is 0.254 e. The van der Waals surface area contributed by atoms with Crippen LogP contribution in [0.15, 0.2) is 40.2 Å². The molecule has 0 aliphatic carbocycles. The summed E-state index contributed by atoms with van der Waals surface area (Å²) in [6.45, 7) is 4.30. The van der Waals surface area contributed by atoms with Crippen molar-refractivity contribution >= 4 is 63.7 Å². The number of rotatable bonds is 3. The van der Waals surface area contributed by atoms with Gasteiger partial charge in [0, 0.05) is 48.9 Å². The van der Waals surface area contributed by atoms with Crippen molar-refractivity contribution in [3.05, 3.63) is 50.6 Å². The van der Waals surface area contributed by atoms with Crippen LogP contribution >= 0.6 is 52.1 Å². The summed E-state index contributed by atoms with van der Waals surface area (Å²) in [6, 6.07) is 11.4. The number of benzene rings is 1. The molecule has 1 fully saturated rings. The number of nitrogens with two attached hydrogens (primary N) is 1. The molecule has 1 amide bonds. The maximum Gasteiger partial charge on any atom is 0.254 e. The number of thiophene rings is 1. The quantitative estimate of drug-likeness (QED) is 0.718. The molecule has 2 N–H and O–H groups in total. The average molecular weight is 453 g/mol. The van der Waals surface area contributed by atoms with Gasteiger partial charge in [0.05, 0.1) is 3.79 Å². The van der Waals surface area contributed by atoms with Crippen molar-refractivity contribution in [2.45, 2.75) is 6.54 Å². The number of nitrogen functional groups attached to an aromatic ring is 1. The topological polar surface area (TPSA) is 49.6 Å². The van der Waals surface area contributed by atoms with Gasteiger partial charge in [-0.2, -0.15) is 0 Å². The maximum atomic E-state index is 12.5. The summed E-state index contributed by atoms with van der Waals surface area (Å²) >= 11 is 5.26.